The fourth-order valence-electron chi connectivity index (χ4n) is 7.46. The summed E-state index contributed by atoms with van der Waals surface area (Å²) in [6, 6.07) is 14.8. The van der Waals surface area contributed by atoms with Gasteiger partial charge in [-0.3, -0.25) is 9.48 Å². The number of ether oxygens (including phenoxy) is 1. The predicted octanol–water partition coefficient (Wildman–Crippen LogP) is 4.47. The van der Waals surface area contributed by atoms with Crippen LogP contribution >= 0.6 is 0 Å². The van der Waals surface area contributed by atoms with Crippen molar-refractivity contribution in [2.45, 2.75) is 25.4 Å². The number of rotatable bonds is 5. The summed E-state index contributed by atoms with van der Waals surface area (Å²) in [5.41, 5.74) is 5.55. The lowest BCUT2D eigenvalue weighted by Crippen LogP contribution is -2.53. The summed E-state index contributed by atoms with van der Waals surface area (Å²) in [6.45, 7) is 1.48. The Kier molecular flexibility index (Phi) is 4.46. The maximum Gasteiger partial charge on any atom is 0.254 e. The second-order valence-electron chi connectivity index (χ2n) is 11.3. The molecule has 4 heterocycles. The van der Waals surface area contributed by atoms with Gasteiger partial charge >= 0.3 is 0 Å². The fraction of sp³-hybridized carbons (Fsp3) is 0.367. The Morgan fingerprint density at radius 1 is 1.11 bits per heavy atom. The molecule has 0 N–H and O–H groups in total. The van der Waals surface area contributed by atoms with Gasteiger partial charge < -0.3 is 18.8 Å². The van der Waals surface area contributed by atoms with Crippen molar-refractivity contribution in [1.29, 1.82) is 0 Å². The second kappa shape index (κ2) is 7.72. The number of likely N-dealkylation sites (tertiary alicyclic amines) is 1. The molecule has 0 bridgehead atoms. The molecule has 2 aliphatic carbocycles. The molecule has 3 aromatic heterocycles. The Hall–Kier alpha value is -4.07. The molecule has 3 aliphatic rings. The van der Waals surface area contributed by atoms with E-state index in [1.54, 1.807) is 7.11 Å². The van der Waals surface area contributed by atoms with E-state index >= 15 is 0 Å². The standard InChI is InChI=1S/C30H30N6O2/c1-33-14-17(13-31-33)15-36-28-22(32-29(36)25-10-18-6-4-5-7-23(18)34(25)2)9-20(12-26(28)38-3)30(37)35-16-21-8-19-11-24(35)27(19)21/h4-7,9-10,12-14,19,21,24,27H,8,11,15-16H2,1-3H3/t19?,21?,24?,27-/m1/s1. The summed E-state index contributed by atoms with van der Waals surface area (Å²) in [5.74, 6) is 3.90. The van der Waals surface area contributed by atoms with Crippen molar-refractivity contribution in [2.75, 3.05) is 13.7 Å². The molecule has 0 spiro atoms. The zero-order chi connectivity index (χ0) is 25.7. The van der Waals surface area contributed by atoms with Gasteiger partial charge in [0.2, 0.25) is 0 Å². The monoisotopic (exact) mass is 506 g/mol. The second-order valence-corrected chi connectivity index (χ2v) is 11.3. The largest absolute Gasteiger partial charge is 0.494 e. The van der Waals surface area contributed by atoms with Gasteiger partial charge in [0.05, 0.1) is 31.1 Å². The van der Waals surface area contributed by atoms with Crippen molar-refractivity contribution in [3.8, 4) is 17.3 Å². The molecule has 1 amide bonds. The molecule has 192 valence electrons. The molecule has 38 heavy (non-hydrogen) atoms. The van der Waals surface area contributed by atoms with Gasteiger partial charge in [0.15, 0.2) is 5.82 Å². The van der Waals surface area contributed by atoms with Gasteiger partial charge in [0.25, 0.3) is 5.91 Å². The topological polar surface area (TPSA) is 70.1 Å². The number of carbonyl (C=O) groups excluding carboxylic acids is 1. The lowest BCUT2D eigenvalue weighted by Gasteiger charge is -2.52. The van der Waals surface area contributed by atoms with Gasteiger partial charge in [-0.05, 0) is 54.9 Å². The summed E-state index contributed by atoms with van der Waals surface area (Å²) in [4.78, 5) is 21.0. The molecule has 2 aromatic carbocycles. The van der Waals surface area contributed by atoms with E-state index < -0.39 is 0 Å². The minimum Gasteiger partial charge on any atom is -0.494 e. The third kappa shape index (κ3) is 2.94. The number of benzene rings is 2. The number of aryl methyl sites for hydroxylation is 2. The van der Waals surface area contributed by atoms with Crippen LogP contribution in [0.5, 0.6) is 5.75 Å². The quantitative estimate of drug-likeness (QED) is 0.353. The zero-order valence-corrected chi connectivity index (χ0v) is 21.8. The summed E-state index contributed by atoms with van der Waals surface area (Å²) < 4.78 is 12.1. The fourth-order valence-corrected chi connectivity index (χ4v) is 7.46. The summed E-state index contributed by atoms with van der Waals surface area (Å²) >= 11 is 0. The first-order chi connectivity index (χ1) is 18.5. The number of fused-ring (bicyclic) bond motifs is 2. The van der Waals surface area contributed by atoms with Crippen LogP contribution in [0, 0.1) is 17.8 Å². The molecule has 8 rings (SSSR count). The maximum atomic E-state index is 13.8. The number of hydrogen-bond donors (Lipinski definition) is 0. The summed E-state index contributed by atoms with van der Waals surface area (Å²) in [6.07, 6.45) is 6.36. The van der Waals surface area contributed by atoms with Crippen LogP contribution in [0.1, 0.15) is 28.8 Å². The third-order valence-corrected chi connectivity index (χ3v) is 9.33. The summed E-state index contributed by atoms with van der Waals surface area (Å²) in [7, 11) is 5.67. The Labute approximate surface area is 220 Å². The van der Waals surface area contributed by atoms with E-state index in [1.807, 2.05) is 36.3 Å². The van der Waals surface area contributed by atoms with E-state index in [0.717, 1.165) is 63.8 Å². The van der Waals surface area contributed by atoms with E-state index in [9.17, 15) is 4.79 Å². The van der Waals surface area contributed by atoms with E-state index in [0.29, 0.717) is 29.8 Å². The highest BCUT2D eigenvalue weighted by molar-refractivity contribution is 6.00. The van der Waals surface area contributed by atoms with Gasteiger partial charge in [0, 0.05) is 54.9 Å². The van der Waals surface area contributed by atoms with Crippen molar-refractivity contribution < 1.29 is 9.53 Å². The van der Waals surface area contributed by atoms with Crippen molar-refractivity contribution in [1.82, 2.24) is 28.8 Å². The number of nitrogens with zero attached hydrogens (tertiary/aromatic N) is 6. The number of amides is 1. The van der Waals surface area contributed by atoms with Crippen LogP contribution in [0.25, 0.3) is 33.5 Å². The minimum absolute atomic E-state index is 0.107. The van der Waals surface area contributed by atoms with Crippen LogP contribution in [0.4, 0.5) is 0 Å². The highest BCUT2D eigenvalue weighted by Crippen LogP contribution is 2.60. The molecule has 1 saturated heterocycles. The molecule has 8 heteroatoms. The smallest absolute Gasteiger partial charge is 0.254 e. The predicted molar refractivity (Wildman–Crippen MR) is 145 cm³/mol. The molecule has 3 unspecified atom stereocenters. The number of carbonyl (C=O) groups is 1. The highest BCUT2D eigenvalue weighted by atomic mass is 16.5. The first-order valence-electron chi connectivity index (χ1n) is 13.4. The molecule has 1 aliphatic heterocycles. The zero-order valence-electron chi connectivity index (χ0n) is 21.8. The van der Waals surface area contributed by atoms with E-state index in [4.69, 9.17) is 9.72 Å². The Morgan fingerprint density at radius 3 is 2.71 bits per heavy atom. The molecule has 3 fully saturated rings. The molecule has 2 saturated carbocycles. The lowest BCUT2D eigenvalue weighted by atomic mass is 9.53. The third-order valence-electron chi connectivity index (χ3n) is 9.33. The molecule has 5 aromatic rings. The average Bonchev–Trinajstić information content (AvgIpc) is 3.59. The number of methoxy groups -OCH3 is 1. The molecular formula is C30H30N6O2. The molecule has 4 atom stereocenters. The van der Waals surface area contributed by atoms with Gasteiger partial charge in [-0.15, -0.1) is 0 Å². The van der Waals surface area contributed by atoms with Crippen LogP contribution in [-0.2, 0) is 20.6 Å². The molecular weight excluding hydrogens is 476 g/mol. The molecule has 0 radical (unpaired) electrons. The van der Waals surface area contributed by atoms with Gasteiger partial charge in [0.1, 0.15) is 11.3 Å². The first-order valence-corrected chi connectivity index (χ1v) is 13.4. The number of imidazole rings is 1. The maximum absolute atomic E-state index is 13.8. The van der Waals surface area contributed by atoms with E-state index in [-0.39, 0.29) is 5.91 Å². The number of aromatic nitrogens is 5. The number of hydrogen-bond acceptors (Lipinski definition) is 4. The van der Waals surface area contributed by atoms with Crippen molar-refractivity contribution in [2.24, 2.45) is 31.8 Å². The Morgan fingerprint density at radius 2 is 1.97 bits per heavy atom. The van der Waals surface area contributed by atoms with Crippen LogP contribution in [0.15, 0.2) is 54.9 Å². The van der Waals surface area contributed by atoms with Gasteiger partial charge in [-0.2, -0.15) is 5.10 Å². The highest BCUT2D eigenvalue weighted by Gasteiger charge is 2.61. The van der Waals surface area contributed by atoms with Crippen LogP contribution in [-0.4, -0.2) is 54.4 Å². The normalized spacial score (nSPS) is 23.5. The summed E-state index contributed by atoms with van der Waals surface area (Å²) in [5, 5.41) is 5.54. The van der Waals surface area contributed by atoms with Crippen LogP contribution in [0.3, 0.4) is 0 Å². The van der Waals surface area contributed by atoms with Crippen LogP contribution < -0.4 is 4.74 Å². The molecule has 8 nitrogen and oxygen atoms in total. The Balaban J connectivity index is 1.30. The average molecular weight is 507 g/mol. The first kappa shape index (κ1) is 22.0. The number of para-hydroxylation sites is 1. The van der Waals surface area contributed by atoms with E-state index in [2.05, 4.69) is 56.5 Å². The van der Waals surface area contributed by atoms with Crippen molar-refractivity contribution in [3.63, 3.8) is 0 Å². The van der Waals surface area contributed by atoms with Crippen LogP contribution in [0.2, 0.25) is 0 Å². The Bertz CT molecular complexity index is 1760. The lowest BCUT2D eigenvalue weighted by molar-refractivity contribution is -0.0204. The van der Waals surface area contributed by atoms with Crippen molar-refractivity contribution in [3.05, 3.63) is 66.0 Å². The SMILES string of the molecule is COc1cc(C(=O)N2CC3CC4CC2[C@H]43)cc2nc(-c3cc4ccccc4n3C)n(Cc3cnn(C)c3)c12. The van der Waals surface area contributed by atoms with E-state index in [1.165, 1.54) is 6.42 Å². The van der Waals surface area contributed by atoms with Crippen molar-refractivity contribution >= 4 is 27.8 Å². The minimum atomic E-state index is 0.107. The van der Waals surface area contributed by atoms with Gasteiger partial charge in [-0.1, -0.05) is 18.2 Å². The van der Waals surface area contributed by atoms with Gasteiger partial charge in [-0.25, -0.2) is 4.98 Å².